The van der Waals surface area contributed by atoms with Crippen molar-refractivity contribution in [2.45, 2.75) is 20.8 Å². The third-order valence-corrected chi connectivity index (χ3v) is 4.99. The molecule has 33 heavy (non-hydrogen) atoms. The van der Waals surface area contributed by atoms with Gasteiger partial charge in [-0.15, -0.1) is 0 Å². The summed E-state index contributed by atoms with van der Waals surface area (Å²) in [6.45, 7) is 7.67. The first kappa shape index (κ1) is 23.5. The van der Waals surface area contributed by atoms with Crippen LogP contribution in [0.15, 0.2) is 53.6 Å². The molecule has 0 radical (unpaired) electrons. The van der Waals surface area contributed by atoms with Crippen molar-refractivity contribution >= 4 is 35.0 Å². The van der Waals surface area contributed by atoms with Gasteiger partial charge in [0.2, 0.25) is 11.8 Å². The molecule has 0 amide bonds. The molecular formula is C23H27N7O3. The predicted molar refractivity (Wildman–Crippen MR) is 131 cm³/mol. The maximum atomic E-state index is 11.6. The molecule has 172 valence electrons. The number of anilines is 4. The van der Waals surface area contributed by atoms with Crippen LogP contribution in [0.1, 0.15) is 25.1 Å². The van der Waals surface area contributed by atoms with Gasteiger partial charge >= 0.3 is 5.69 Å². The van der Waals surface area contributed by atoms with E-state index in [4.69, 9.17) is 4.74 Å². The molecule has 0 aliphatic carbocycles. The van der Waals surface area contributed by atoms with Crippen LogP contribution >= 0.6 is 0 Å². The number of ether oxygens (including phenoxy) is 1. The fourth-order valence-electron chi connectivity index (χ4n) is 3.26. The molecule has 3 aromatic rings. The molecule has 0 saturated heterocycles. The molecule has 1 heterocycles. The summed E-state index contributed by atoms with van der Waals surface area (Å²) in [5.74, 6) is 0.889. The zero-order valence-corrected chi connectivity index (χ0v) is 19.1. The van der Waals surface area contributed by atoms with Crippen molar-refractivity contribution in [1.82, 2.24) is 9.97 Å². The maximum Gasteiger partial charge on any atom is 0.332 e. The average Bonchev–Trinajstić information content (AvgIpc) is 2.81. The highest BCUT2D eigenvalue weighted by atomic mass is 16.6. The minimum Gasteiger partial charge on any atom is -0.497 e. The Balaban J connectivity index is 1.78. The number of aromatic nitrogens is 2. The molecule has 3 rings (SSSR count). The fraction of sp³-hybridized carbons (Fsp3) is 0.261. The SMILES string of the molecule is CCN(CC)c1ccc(/C=N/Nc2nc(C)c([N+](=O)[O-])c(Nc3ccc(OC)cc3)n2)cc1. The van der Waals surface area contributed by atoms with E-state index >= 15 is 0 Å². The van der Waals surface area contributed by atoms with Crippen LogP contribution in [-0.2, 0) is 0 Å². The van der Waals surface area contributed by atoms with Crippen LogP contribution in [0.3, 0.4) is 0 Å². The molecule has 0 aliphatic rings. The number of nitro groups is 1. The summed E-state index contributed by atoms with van der Waals surface area (Å²) in [7, 11) is 1.57. The van der Waals surface area contributed by atoms with Gasteiger partial charge in [-0.25, -0.2) is 10.4 Å². The van der Waals surface area contributed by atoms with Gasteiger partial charge in [-0.2, -0.15) is 10.1 Å². The molecule has 0 saturated carbocycles. The van der Waals surface area contributed by atoms with Crippen LogP contribution in [0, 0.1) is 17.0 Å². The standard InChI is InChI=1S/C23H27N7O3/c1-5-29(6-2)19-11-7-17(8-12-19)15-24-28-23-25-16(3)21(30(31)32)22(27-23)26-18-9-13-20(33-4)14-10-18/h7-15H,5-6H2,1-4H3,(H2,25,26,27,28)/b24-15+. The predicted octanol–water partition coefficient (Wildman–Crippen LogP) is 4.74. The first-order valence-electron chi connectivity index (χ1n) is 10.5. The largest absolute Gasteiger partial charge is 0.497 e. The summed E-state index contributed by atoms with van der Waals surface area (Å²) in [6, 6.07) is 15.0. The quantitative estimate of drug-likeness (QED) is 0.259. The van der Waals surface area contributed by atoms with E-state index in [9.17, 15) is 10.1 Å². The van der Waals surface area contributed by atoms with Crippen molar-refractivity contribution in [1.29, 1.82) is 0 Å². The van der Waals surface area contributed by atoms with Crippen molar-refractivity contribution in [2.24, 2.45) is 5.10 Å². The summed E-state index contributed by atoms with van der Waals surface area (Å²) in [4.78, 5) is 21.7. The third-order valence-electron chi connectivity index (χ3n) is 4.99. The Kier molecular flexibility index (Phi) is 7.74. The van der Waals surface area contributed by atoms with E-state index < -0.39 is 4.92 Å². The van der Waals surface area contributed by atoms with E-state index in [0.29, 0.717) is 11.4 Å². The number of aryl methyl sites for hydroxylation is 1. The Labute approximate surface area is 192 Å². The molecule has 2 aromatic carbocycles. The van der Waals surface area contributed by atoms with E-state index in [0.717, 1.165) is 24.3 Å². The number of hydrogen-bond donors (Lipinski definition) is 2. The highest BCUT2D eigenvalue weighted by Crippen LogP contribution is 2.30. The minimum absolute atomic E-state index is 0.0685. The summed E-state index contributed by atoms with van der Waals surface area (Å²) in [5.41, 5.74) is 5.44. The van der Waals surface area contributed by atoms with Crippen LogP contribution in [0.25, 0.3) is 0 Å². The van der Waals surface area contributed by atoms with Gasteiger partial charge in [0.1, 0.15) is 11.4 Å². The second-order valence-corrected chi connectivity index (χ2v) is 7.07. The highest BCUT2D eigenvalue weighted by molar-refractivity contribution is 5.81. The molecule has 10 nitrogen and oxygen atoms in total. The van der Waals surface area contributed by atoms with E-state index in [1.165, 1.54) is 0 Å². The van der Waals surface area contributed by atoms with Crippen molar-refractivity contribution in [3.05, 3.63) is 69.9 Å². The van der Waals surface area contributed by atoms with Gasteiger partial charge in [0, 0.05) is 24.5 Å². The Morgan fingerprint density at radius 1 is 1.09 bits per heavy atom. The van der Waals surface area contributed by atoms with E-state index in [1.54, 1.807) is 44.5 Å². The Morgan fingerprint density at radius 2 is 1.76 bits per heavy atom. The Morgan fingerprint density at radius 3 is 2.33 bits per heavy atom. The molecule has 0 unspecified atom stereocenters. The van der Waals surface area contributed by atoms with Gasteiger partial charge in [0.15, 0.2) is 0 Å². The average molecular weight is 450 g/mol. The van der Waals surface area contributed by atoms with Crippen molar-refractivity contribution < 1.29 is 9.66 Å². The second kappa shape index (κ2) is 10.9. The number of hydrogen-bond acceptors (Lipinski definition) is 9. The first-order chi connectivity index (χ1) is 15.9. The fourth-order valence-corrected chi connectivity index (χ4v) is 3.26. The van der Waals surface area contributed by atoms with E-state index in [2.05, 4.69) is 44.6 Å². The number of nitrogens with one attached hydrogen (secondary N) is 2. The summed E-state index contributed by atoms with van der Waals surface area (Å²) in [5, 5.41) is 18.7. The Bertz CT molecular complexity index is 1110. The van der Waals surface area contributed by atoms with Crippen molar-refractivity contribution in [2.75, 3.05) is 35.8 Å². The number of methoxy groups -OCH3 is 1. The second-order valence-electron chi connectivity index (χ2n) is 7.07. The number of hydrazone groups is 1. The molecule has 0 spiro atoms. The monoisotopic (exact) mass is 449 g/mol. The van der Waals surface area contributed by atoms with Gasteiger partial charge in [0.25, 0.3) is 0 Å². The number of nitrogens with zero attached hydrogens (tertiary/aromatic N) is 5. The molecule has 0 aliphatic heterocycles. The van der Waals surface area contributed by atoms with Crippen LogP contribution < -0.4 is 20.4 Å². The summed E-state index contributed by atoms with van der Waals surface area (Å²) >= 11 is 0. The molecule has 0 bridgehead atoms. The molecule has 10 heteroatoms. The smallest absolute Gasteiger partial charge is 0.332 e. The zero-order chi connectivity index (χ0) is 23.8. The summed E-state index contributed by atoms with van der Waals surface area (Å²) in [6.07, 6.45) is 1.64. The molecule has 1 aromatic heterocycles. The number of benzene rings is 2. The Hall–Kier alpha value is -4.21. The van der Waals surface area contributed by atoms with Crippen molar-refractivity contribution in [3.63, 3.8) is 0 Å². The van der Waals surface area contributed by atoms with Crippen LogP contribution in [0.2, 0.25) is 0 Å². The normalized spacial score (nSPS) is 10.8. The zero-order valence-electron chi connectivity index (χ0n) is 19.1. The van der Waals surface area contributed by atoms with Crippen LogP contribution in [0.4, 0.5) is 28.8 Å². The molecule has 0 fully saturated rings. The topological polar surface area (TPSA) is 118 Å². The lowest BCUT2D eigenvalue weighted by molar-refractivity contribution is -0.385. The van der Waals surface area contributed by atoms with Gasteiger partial charge in [-0.05, 0) is 62.7 Å². The number of rotatable bonds is 10. The van der Waals surface area contributed by atoms with Gasteiger partial charge in [-0.3, -0.25) is 10.1 Å². The van der Waals surface area contributed by atoms with Crippen molar-refractivity contribution in [3.8, 4) is 5.75 Å². The molecule has 2 N–H and O–H groups in total. The van der Waals surface area contributed by atoms with E-state index in [-0.39, 0.29) is 23.1 Å². The molecular weight excluding hydrogens is 422 g/mol. The van der Waals surface area contributed by atoms with Gasteiger partial charge in [-0.1, -0.05) is 12.1 Å². The van der Waals surface area contributed by atoms with E-state index in [1.807, 2.05) is 24.3 Å². The first-order valence-corrected chi connectivity index (χ1v) is 10.5. The van der Waals surface area contributed by atoms with Gasteiger partial charge in [0.05, 0.1) is 18.2 Å². The lowest BCUT2D eigenvalue weighted by Gasteiger charge is -2.20. The maximum absolute atomic E-state index is 11.6. The third kappa shape index (κ3) is 5.94. The molecule has 0 atom stereocenters. The lowest BCUT2D eigenvalue weighted by atomic mass is 10.2. The van der Waals surface area contributed by atoms with Crippen LogP contribution in [-0.4, -0.2) is 41.3 Å². The van der Waals surface area contributed by atoms with Gasteiger partial charge < -0.3 is 15.0 Å². The minimum atomic E-state index is -0.508. The highest BCUT2D eigenvalue weighted by Gasteiger charge is 2.22. The summed E-state index contributed by atoms with van der Waals surface area (Å²) < 4.78 is 5.14. The lowest BCUT2D eigenvalue weighted by Crippen LogP contribution is -2.21. The van der Waals surface area contributed by atoms with Crippen LogP contribution in [0.5, 0.6) is 5.75 Å².